The van der Waals surface area contributed by atoms with E-state index in [0.717, 1.165) is 22.3 Å². The maximum atomic E-state index is 13.1. The van der Waals surface area contributed by atoms with Crippen LogP contribution >= 0.6 is 11.8 Å². The number of Topliss-reactive ketones (excluding diaryl/α,β-unsaturated/α-hetero) is 1. The monoisotopic (exact) mass is 508 g/mol. The Morgan fingerprint density at radius 3 is 1.51 bits per heavy atom. The molecule has 0 saturated carbocycles. The number of carboxylic acid groups (broad SMARTS) is 1. The van der Waals surface area contributed by atoms with Crippen LogP contribution in [0.4, 0.5) is 0 Å². The van der Waals surface area contributed by atoms with Crippen molar-refractivity contribution >= 4 is 23.5 Å². The van der Waals surface area contributed by atoms with E-state index in [-0.39, 0.29) is 18.1 Å². The zero-order valence-electron chi connectivity index (χ0n) is 21.0. The fraction of sp³-hybridized carbons (Fsp3) is 0.212. The minimum Gasteiger partial charge on any atom is -0.481 e. The molecule has 0 unspecified atom stereocenters. The summed E-state index contributed by atoms with van der Waals surface area (Å²) in [6.45, 7) is 1.89. The number of rotatable bonds is 12. The van der Waals surface area contributed by atoms with Gasteiger partial charge in [0.1, 0.15) is 5.78 Å². The van der Waals surface area contributed by atoms with Crippen molar-refractivity contribution in [3.8, 4) is 0 Å². The molecular formula is C33H32O3S. The van der Waals surface area contributed by atoms with Gasteiger partial charge in [0.2, 0.25) is 0 Å². The first kappa shape index (κ1) is 26.4. The van der Waals surface area contributed by atoms with Gasteiger partial charge in [0.25, 0.3) is 0 Å². The first-order valence-electron chi connectivity index (χ1n) is 12.6. The van der Waals surface area contributed by atoms with E-state index in [0.29, 0.717) is 12.2 Å². The van der Waals surface area contributed by atoms with Crippen LogP contribution < -0.4 is 0 Å². The second-order valence-corrected chi connectivity index (χ2v) is 10.6. The first-order valence-corrected chi connectivity index (χ1v) is 13.6. The second kappa shape index (κ2) is 12.6. The van der Waals surface area contributed by atoms with Crippen LogP contribution in [0.5, 0.6) is 0 Å². The van der Waals surface area contributed by atoms with Crippen molar-refractivity contribution in [2.45, 2.75) is 24.5 Å². The summed E-state index contributed by atoms with van der Waals surface area (Å²) in [7, 11) is 0. The molecule has 37 heavy (non-hydrogen) atoms. The molecular weight excluding hydrogens is 476 g/mol. The summed E-state index contributed by atoms with van der Waals surface area (Å²) >= 11 is 1.59. The van der Waals surface area contributed by atoms with E-state index in [1.54, 1.807) is 11.8 Å². The van der Waals surface area contributed by atoms with Crippen molar-refractivity contribution in [2.24, 2.45) is 11.8 Å². The number of carboxylic acids is 1. The Balaban J connectivity index is 1.63. The molecule has 4 aromatic rings. The molecule has 0 amide bonds. The summed E-state index contributed by atoms with van der Waals surface area (Å²) in [6.07, 6.45) is 0.631. The summed E-state index contributed by atoms with van der Waals surface area (Å²) < 4.78 is -0.615. The van der Waals surface area contributed by atoms with Crippen LogP contribution in [0.1, 0.15) is 35.6 Å². The Morgan fingerprint density at radius 1 is 0.703 bits per heavy atom. The molecule has 4 heteroatoms. The molecule has 0 radical (unpaired) electrons. The Kier molecular flexibility index (Phi) is 8.97. The van der Waals surface area contributed by atoms with E-state index in [1.165, 1.54) is 0 Å². The van der Waals surface area contributed by atoms with E-state index >= 15 is 0 Å². The number of hydrogen-bond donors (Lipinski definition) is 1. The average molecular weight is 509 g/mol. The smallest absolute Gasteiger partial charge is 0.307 e. The molecule has 0 aromatic heterocycles. The van der Waals surface area contributed by atoms with Gasteiger partial charge in [-0.2, -0.15) is 0 Å². The number of benzene rings is 4. The molecule has 0 fully saturated rings. The molecule has 4 rings (SSSR count). The molecule has 0 saturated heterocycles. The zero-order chi connectivity index (χ0) is 26.1. The van der Waals surface area contributed by atoms with Crippen molar-refractivity contribution in [1.29, 1.82) is 0 Å². The van der Waals surface area contributed by atoms with Crippen LogP contribution in [0, 0.1) is 11.8 Å². The number of hydrogen-bond acceptors (Lipinski definition) is 3. The van der Waals surface area contributed by atoms with Gasteiger partial charge < -0.3 is 5.11 Å². The van der Waals surface area contributed by atoms with Gasteiger partial charge in [-0.3, -0.25) is 9.59 Å². The molecule has 1 N–H and O–H groups in total. The number of aliphatic carboxylic acids is 1. The van der Waals surface area contributed by atoms with Crippen molar-refractivity contribution in [3.63, 3.8) is 0 Å². The Morgan fingerprint density at radius 2 is 1.11 bits per heavy atom. The Bertz CT molecular complexity index is 1180. The normalized spacial score (nSPS) is 13.0. The fourth-order valence-corrected chi connectivity index (χ4v) is 6.36. The number of ketones is 1. The van der Waals surface area contributed by atoms with Crippen LogP contribution in [0.15, 0.2) is 121 Å². The predicted octanol–water partition coefficient (Wildman–Crippen LogP) is 7.25. The van der Waals surface area contributed by atoms with Crippen molar-refractivity contribution in [1.82, 2.24) is 0 Å². The summed E-state index contributed by atoms with van der Waals surface area (Å²) in [5.41, 5.74) is 4.31. The first-order chi connectivity index (χ1) is 18.0. The number of carbonyl (C=O) groups is 2. The maximum absolute atomic E-state index is 13.1. The minimum absolute atomic E-state index is 0.0124. The quantitative estimate of drug-likeness (QED) is 0.205. The van der Waals surface area contributed by atoms with Crippen molar-refractivity contribution in [3.05, 3.63) is 144 Å². The van der Waals surface area contributed by atoms with Crippen LogP contribution in [0.25, 0.3) is 0 Å². The lowest BCUT2D eigenvalue weighted by molar-refractivity contribution is -0.143. The highest BCUT2D eigenvalue weighted by Gasteiger charge is 2.38. The van der Waals surface area contributed by atoms with Crippen LogP contribution in [0.2, 0.25) is 0 Å². The van der Waals surface area contributed by atoms with Crippen LogP contribution in [0.3, 0.4) is 0 Å². The molecule has 3 nitrogen and oxygen atoms in total. The van der Waals surface area contributed by atoms with Crippen molar-refractivity contribution in [2.75, 3.05) is 5.75 Å². The zero-order valence-corrected chi connectivity index (χ0v) is 21.8. The van der Waals surface area contributed by atoms with Gasteiger partial charge in [0.15, 0.2) is 0 Å². The molecule has 0 aliphatic carbocycles. The number of carbonyl (C=O) groups excluding carboxylic acids is 1. The van der Waals surface area contributed by atoms with E-state index in [4.69, 9.17) is 0 Å². The molecule has 188 valence electrons. The Hall–Kier alpha value is -3.63. The van der Waals surface area contributed by atoms with Gasteiger partial charge in [-0.05, 0) is 28.7 Å². The van der Waals surface area contributed by atoms with Crippen LogP contribution in [-0.2, 0) is 20.8 Å². The average Bonchev–Trinajstić information content (AvgIpc) is 2.94. The largest absolute Gasteiger partial charge is 0.481 e. The van der Waals surface area contributed by atoms with Gasteiger partial charge >= 0.3 is 5.97 Å². The van der Waals surface area contributed by atoms with E-state index < -0.39 is 16.6 Å². The fourth-order valence-electron chi connectivity index (χ4n) is 4.74. The third-order valence-corrected chi connectivity index (χ3v) is 8.48. The van der Waals surface area contributed by atoms with Gasteiger partial charge in [0, 0.05) is 18.1 Å². The predicted molar refractivity (Wildman–Crippen MR) is 152 cm³/mol. The van der Waals surface area contributed by atoms with E-state index in [2.05, 4.69) is 36.4 Å². The lowest BCUT2D eigenvalue weighted by atomic mass is 9.84. The highest BCUT2D eigenvalue weighted by atomic mass is 32.2. The van der Waals surface area contributed by atoms with Crippen molar-refractivity contribution < 1.29 is 14.7 Å². The van der Waals surface area contributed by atoms with E-state index in [9.17, 15) is 14.7 Å². The summed E-state index contributed by atoms with van der Waals surface area (Å²) in [4.78, 5) is 25.5. The molecule has 0 spiro atoms. The lowest BCUT2D eigenvalue weighted by Crippen LogP contribution is -2.30. The molecule has 0 aliphatic rings. The van der Waals surface area contributed by atoms with E-state index in [1.807, 2.05) is 91.9 Å². The molecule has 0 heterocycles. The molecule has 4 aromatic carbocycles. The Labute approximate surface area is 223 Å². The highest BCUT2D eigenvalue weighted by molar-refractivity contribution is 8.00. The SMILES string of the molecule is C[C@@H](Cc1ccccc1)C(=O)C[C@@H](CSC(c1ccccc1)(c1ccccc1)c1ccccc1)C(=O)O. The molecule has 2 atom stereocenters. The summed E-state index contributed by atoms with van der Waals surface area (Å²) in [5.74, 6) is -1.67. The lowest BCUT2D eigenvalue weighted by Gasteiger charge is -2.36. The summed E-state index contributed by atoms with van der Waals surface area (Å²) in [6, 6.07) is 40.5. The molecule has 0 bridgehead atoms. The third-order valence-electron chi connectivity index (χ3n) is 6.77. The summed E-state index contributed by atoms with van der Waals surface area (Å²) in [5, 5.41) is 10.1. The number of thioether (sulfide) groups is 1. The maximum Gasteiger partial charge on any atom is 0.307 e. The van der Waals surface area contributed by atoms with Crippen LogP contribution in [-0.4, -0.2) is 22.6 Å². The highest BCUT2D eigenvalue weighted by Crippen LogP contribution is 2.49. The molecule has 0 aliphatic heterocycles. The third kappa shape index (κ3) is 6.39. The second-order valence-electron chi connectivity index (χ2n) is 9.39. The van der Waals surface area contributed by atoms with Gasteiger partial charge in [0.05, 0.1) is 10.7 Å². The minimum atomic E-state index is -0.934. The topological polar surface area (TPSA) is 54.4 Å². The van der Waals surface area contributed by atoms with Gasteiger partial charge in [-0.15, -0.1) is 11.8 Å². The standard InChI is InChI=1S/C33H32O3S/c1-25(22-26-14-6-2-7-15-26)31(34)23-27(32(35)36)24-37-33(28-16-8-3-9-17-28,29-18-10-4-11-19-29)30-20-12-5-13-21-30/h2-21,25,27H,22-24H2,1H3,(H,35,36)/t25-,27-/m0/s1. The van der Waals surface area contributed by atoms with Gasteiger partial charge in [-0.25, -0.2) is 0 Å². The van der Waals surface area contributed by atoms with Gasteiger partial charge in [-0.1, -0.05) is 128 Å².